The first-order valence-corrected chi connectivity index (χ1v) is 4.49. The average Bonchev–Trinajstić information content (AvgIpc) is 2.15. The van der Waals surface area contributed by atoms with Gasteiger partial charge < -0.3 is 5.73 Å². The van der Waals surface area contributed by atoms with E-state index in [9.17, 15) is 13.2 Å². The lowest BCUT2D eigenvalue weighted by Gasteiger charge is -2.08. The fraction of sp³-hybridized carbons (Fsp3) is 0.444. The Labute approximate surface area is 90.4 Å². The van der Waals surface area contributed by atoms with Gasteiger partial charge in [0.05, 0.1) is 11.9 Å². The average molecular weight is 232 g/mol. The van der Waals surface area contributed by atoms with Gasteiger partial charge in [0.25, 0.3) is 0 Å². The molecule has 1 aromatic heterocycles. The van der Waals surface area contributed by atoms with E-state index in [2.05, 4.69) is 15.0 Å². The molecule has 0 aliphatic carbocycles. The molecular formula is C9H11F3N4. The summed E-state index contributed by atoms with van der Waals surface area (Å²) in [5.41, 5.74) is 5.84. The van der Waals surface area contributed by atoms with E-state index >= 15 is 0 Å². The van der Waals surface area contributed by atoms with Gasteiger partial charge in [-0.1, -0.05) is 0 Å². The lowest BCUT2D eigenvalue weighted by atomic mass is 10.2. The third-order valence-corrected chi connectivity index (χ3v) is 1.81. The molecule has 88 valence electrons. The molecule has 1 unspecified atom stereocenters. The summed E-state index contributed by atoms with van der Waals surface area (Å²) in [6.45, 7) is 3.30. The molecule has 4 nitrogen and oxygen atoms in total. The van der Waals surface area contributed by atoms with Gasteiger partial charge in [0.15, 0.2) is 0 Å². The van der Waals surface area contributed by atoms with E-state index in [0.29, 0.717) is 11.4 Å². The minimum absolute atomic E-state index is 0.354. The number of nitrogens with two attached hydrogens (primary N) is 1. The van der Waals surface area contributed by atoms with E-state index in [1.54, 1.807) is 13.8 Å². The normalized spacial score (nSPS) is 14.9. The molecule has 0 aromatic carbocycles. The van der Waals surface area contributed by atoms with Crippen molar-refractivity contribution in [2.24, 2.45) is 10.7 Å². The Morgan fingerprint density at radius 1 is 1.38 bits per heavy atom. The van der Waals surface area contributed by atoms with Crippen LogP contribution in [-0.2, 0) is 6.18 Å². The van der Waals surface area contributed by atoms with E-state index in [1.807, 2.05) is 0 Å². The maximum atomic E-state index is 12.2. The summed E-state index contributed by atoms with van der Waals surface area (Å²) >= 11 is 0. The van der Waals surface area contributed by atoms with Gasteiger partial charge in [0, 0.05) is 18.0 Å². The Morgan fingerprint density at radius 2 is 1.88 bits per heavy atom. The van der Waals surface area contributed by atoms with Crippen LogP contribution in [0.5, 0.6) is 0 Å². The predicted molar refractivity (Wildman–Crippen MR) is 52.7 cm³/mol. The van der Waals surface area contributed by atoms with Crippen LogP contribution in [0.15, 0.2) is 17.4 Å². The summed E-state index contributed by atoms with van der Waals surface area (Å²) in [7, 11) is 0. The van der Waals surface area contributed by atoms with Gasteiger partial charge in [-0.25, -0.2) is 9.97 Å². The molecular weight excluding hydrogens is 221 g/mol. The second-order valence-electron chi connectivity index (χ2n) is 3.28. The minimum Gasteiger partial charge on any atom is -0.388 e. The Balaban J connectivity index is 2.91. The number of aromatic nitrogens is 2. The topological polar surface area (TPSA) is 64.2 Å². The molecule has 1 heterocycles. The summed E-state index contributed by atoms with van der Waals surface area (Å²) < 4.78 is 36.5. The van der Waals surface area contributed by atoms with Crippen molar-refractivity contribution in [3.63, 3.8) is 0 Å². The van der Waals surface area contributed by atoms with Crippen molar-refractivity contribution in [1.82, 2.24) is 9.97 Å². The molecule has 0 radical (unpaired) electrons. The molecule has 0 amide bonds. The van der Waals surface area contributed by atoms with Gasteiger partial charge in [-0.05, 0) is 13.8 Å². The van der Waals surface area contributed by atoms with Crippen LogP contribution in [0.1, 0.15) is 31.3 Å². The summed E-state index contributed by atoms with van der Waals surface area (Å²) in [5, 5.41) is 0. The smallest absolute Gasteiger partial charge is 0.388 e. The maximum absolute atomic E-state index is 12.2. The number of hydrogen-bond donors (Lipinski definition) is 1. The van der Waals surface area contributed by atoms with Crippen LogP contribution < -0.4 is 5.73 Å². The first-order chi connectivity index (χ1) is 7.30. The summed E-state index contributed by atoms with van der Waals surface area (Å²) in [6, 6.07) is -0.354. The fourth-order valence-corrected chi connectivity index (χ4v) is 1.08. The SMILES string of the molecule is CC(N)=NC(C)c1cnc(C(F)(F)F)nc1. The van der Waals surface area contributed by atoms with Crippen molar-refractivity contribution in [3.8, 4) is 0 Å². The Kier molecular flexibility index (Phi) is 3.46. The first kappa shape index (κ1) is 12.4. The monoisotopic (exact) mass is 232 g/mol. The third kappa shape index (κ3) is 3.18. The molecule has 0 aliphatic rings. The molecule has 1 atom stereocenters. The van der Waals surface area contributed by atoms with Gasteiger partial charge in [0.1, 0.15) is 0 Å². The summed E-state index contributed by atoms with van der Waals surface area (Å²) in [4.78, 5) is 10.4. The van der Waals surface area contributed by atoms with Crippen molar-refractivity contribution >= 4 is 5.84 Å². The van der Waals surface area contributed by atoms with Crippen LogP contribution in [0.2, 0.25) is 0 Å². The number of aliphatic imine (C=N–C) groups is 1. The van der Waals surface area contributed by atoms with Crippen LogP contribution in [0.25, 0.3) is 0 Å². The lowest BCUT2D eigenvalue weighted by molar-refractivity contribution is -0.145. The van der Waals surface area contributed by atoms with E-state index in [-0.39, 0.29) is 6.04 Å². The van der Waals surface area contributed by atoms with Gasteiger partial charge in [-0.15, -0.1) is 0 Å². The van der Waals surface area contributed by atoms with Crippen molar-refractivity contribution in [3.05, 3.63) is 23.8 Å². The van der Waals surface area contributed by atoms with Gasteiger partial charge in [-0.3, -0.25) is 4.99 Å². The molecule has 0 spiro atoms. The lowest BCUT2D eigenvalue weighted by Crippen LogP contribution is -2.12. The van der Waals surface area contributed by atoms with Gasteiger partial charge >= 0.3 is 6.18 Å². The molecule has 1 rings (SSSR count). The molecule has 1 aromatic rings. The van der Waals surface area contributed by atoms with Crippen LogP contribution in [-0.4, -0.2) is 15.8 Å². The van der Waals surface area contributed by atoms with Gasteiger partial charge in [-0.2, -0.15) is 13.2 Å². The minimum atomic E-state index is -4.52. The molecule has 2 N–H and O–H groups in total. The maximum Gasteiger partial charge on any atom is 0.451 e. The standard InChI is InChI=1S/C9H11F3N4/c1-5(16-6(2)13)7-3-14-8(15-4-7)9(10,11)12/h3-5H,1-2H3,(H2,13,16). The van der Waals surface area contributed by atoms with Crippen LogP contribution >= 0.6 is 0 Å². The molecule has 0 saturated heterocycles. The highest BCUT2D eigenvalue weighted by Gasteiger charge is 2.34. The van der Waals surface area contributed by atoms with E-state index in [1.165, 1.54) is 0 Å². The van der Waals surface area contributed by atoms with Crippen LogP contribution in [0.4, 0.5) is 13.2 Å². The third-order valence-electron chi connectivity index (χ3n) is 1.81. The number of halogens is 3. The van der Waals surface area contributed by atoms with Crippen molar-refractivity contribution in [1.29, 1.82) is 0 Å². The highest BCUT2D eigenvalue weighted by Crippen LogP contribution is 2.26. The van der Waals surface area contributed by atoms with E-state index in [0.717, 1.165) is 12.4 Å². The number of amidine groups is 1. The Hall–Kier alpha value is -1.66. The first-order valence-electron chi connectivity index (χ1n) is 4.49. The number of nitrogens with zero attached hydrogens (tertiary/aromatic N) is 3. The van der Waals surface area contributed by atoms with Crippen molar-refractivity contribution in [2.45, 2.75) is 26.1 Å². The predicted octanol–water partition coefficient (Wildman–Crippen LogP) is 1.93. The molecule has 0 aliphatic heterocycles. The summed E-state index contributed by atoms with van der Waals surface area (Å²) in [5.74, 6) is -0.802. The second kappa shape index (κ2) is 4.46. The zero-order chi connectivity index (χ0) is 12.3. The molecule has 16 heavy (non-hydrogen) atoms. The number of hydrogen-bond acceptors (Lipinski definition) is 3. The quantitative estimate of drug-likeness (QED) is 0.626. The molecule has 7 heteroatoms. The zero-order valence-corrected chi connectivity index (χ0v) is 8.78. The van der Waals surface area contributed by atoms with E-state index in [4.69, 9.17) is 5.73 Å². The van der Waals surface area contributed by atoms with E-state index < -0.39 is 12.0 Å². The van der Waals surface area contributed by atoms with Crippen molar-refractivity contribution < 1.29 is 13.2 Å². The van der Waals surface area contributed by atoms with Crippen molar-refractivity contribution in [2.75, 3.05) is 0 Å². The molecule has 0 fully saturated rings. The van der Waals surface area contributed by atoms with Gasteiger partial charge in [0.2, 0.25) is 5.82 Å². The number of rotatable bonds is 2. The summed E-state index contributed by atoms with van der Waals surface area (Å²) in [6.07, 6.45) is -2.31. The largest absolute Gasteiger partial charge is 0.451 e. The Bertz CT molecular complexity index is 379. The molecule has 0 bridgehead atoms. The fourth-order valence-electron chi connectivity index (χ4n) is 1.08. The Morgan fingerprint density at radius 3 is 2.25 bits per heavy atom. The molecule has 0 saturated carbocycles. The second-order valence-corrected chi connectivity index (χ2v) is 3.28. The number of alkyl halides is 3. The van der Waals surface area contributed by atoms with Crippen LogP contribution in [0.3, 0.4) is 0 Å². The highest BCUT2D eigenvalue weighted by atomic mass is 19.4. The van der Waals surface area contributed by atoms with Crippen LogP contribution in [0, 0.1) is 0 Å². The zero-order valence-electron chi connectivity index (χ0n) is 8.78. The highest BCUT2D eigenvalue weighted by molar-refractivity contribution is 5.77.